The average molecular weight is 574 g/mol. The quantitative estimate of drug-likeness (QED) is 0.288. The molecule has 0 atom stereocenters. The van der Waals surface area contributed by atoms with E-state index in [-0.39, 0.29) is 10.4 Å². The van der Waals surface area contributed by atoms with E-state index in [4.69, 9.17) is 39.8 Å². The Hall–Kier alpha value is -2.84. The number of benzene rings is 3. The minimum absolute atomic E-state index is 0.179. The molecular formula is C27H23Cl3N4O2S. The van der Waals surface area contributed by atoms with Gasteiger partial charge in [0.15, 0.2) is 9.84 Å². The highest BCUT2D eigenvalue weighted by atomic mass is 35.5. The number of halogens is 3. The van der Waals surface area contributed by atoms with E-state index in [1.54, 1.807) is 42.5 Å². The van der Waals surface area contributed by atoms with Crippen molar-refractivity contribution in [3.05, 3.63) is 87.6 Å². The van der Waals surface area contributed by atoms with Gasteiger partial charge in [0.25, 0.3) is 0 Å². The largest absolute Gasteiger partial charge is 0.362 e. The van der Waals surface area contributed by atoms with Gasteiger partial charge in [-0.05, 0) is 61.4 Å². The van der Waals surface area contributed by atoms with Crippen LogP contribution in [0.1, 0.15) is 19.5 Å². The molecule has 1 N–H and O–H groups in total. The molecule has 4 aromatic rings. The molecule has 0 unspecified atom stereocenters. The van der Waals surface area contributed by atoms with Gasteiger partial charge in [-0.15, -0.1) is 0 Å². The van der Waals surface area contributed by atoms with E-state index < -0.39 is 9.84 Å². The molecule has 0 bridgehead atoms. The van der Waals surface area contributed by atoms with Crippen LogP contribution < -0.4 is 5.32 Å². The van der Waals surface area contributed by atoms with E-state index >= 15 is 0 Å². The zero-order valence-corrected chi connectivity index (χ0v) is 23.3. The second-order valence-corrected chi connectivity index (χ2v) is 12.8. The van der Waals surface area contributed by atoms with E-state index in [0.29, 0.717) is 50.2 Å². The van der Waals surface area contributed by atoms with Crippen LogP contribution in [0.4, 0.5) is 0 Å². The number of rotatable bonds is 5. The molecule has 6 nitrogen and oxygen atoms in total. The Morgan fingerprint density at radius 1 is 0.919 bits per heavy atom. The van der Waals surface area contributed by atoms with Crippen molar-refractivity contribution >= 4 is 50.5 Å². The molecule has 190 valence electrons. The molecule has 0 saturated heterocycles. The van der Waals surface area contributed by atoms with Gasteiger partial charge in [-0.25, -0.2) is 13.4 Å². The fourth-order valence-corrected chi connectivity index (χ4v) is 5.68. The van der Waals surface area contributed by atoms with Crippen LogP contribution in [-0.4, -0.2) is 42.1 Å². The van der Waals surface area contributed by atoms with Crippen LogP contribution in [0, 0.1) is 0 Å². The lowest BCUT2D eigenvalue weighted by Gasteiger charge is -2.17. The first kappa shape index (κ1) is 25.8. The van der Waals surface area contributed by atoms with Crippen LogP contribution in [0.5, 0.6) is 0 Å². The number of hydrogen-bond donors (Lipinski definition) is 1. The Morgan fingerprint density at radius 3 is 2.22 bits per heavy atom. The Balaban J connectivity index is 1.64. The molecule has 0 amide bonds. The van der Waals surface area contributed by atoms with E-state index in [9.17, 15) is 8.42 Å². The number of nitrogens with one attached hydrogen (secondary N) is 1. The third kappa shape index (κ3) is 5.14. The lowest BCUT2D eigenvalue weighted by Crippen LogP contribution is -2.39. The molecule has 3 aromatic carbocycles. The zero-order chi connectivity index (χ0) is 26.5. The molecule has 1 aliphatic rings. The highest BCUT2D eigenvalue weighted by Crippen LogP contribution is 2.38. The Kier molecular flexibility index (Phi) is 6.61. The first-order valence-corrected chi connectivity index (χ1v) is 14.4. The zero-order valence-electron chi connectivity index (χ0n) is 20.3. The molecule has 2 heterocycles. The Morgan fingerprint density at radius 2 is 1.59 bits per heavy atom. The minimum Gasteiger partial charge on any atom is -0.362 e. The maximum Gasteiger partial charge on any atom is 0.175 e. The Labute approximate surface area is 230 Å². The number of aliphatic imine (C=N–C) groups is 1. The van der Waals surface area contributed by atoms with Crippen LogP contribution in [0.15, 0.2) is 76.7 Å². The summed E-state index contributed by atoms with van der Waals surface area (Å²) >= 11 is 20.0. The molecule has 10 heteroatoms. The summed E-state index contributed by atoms with van der Waals surface area (Å²) in [5.41, 5.74) is 3.21. The number of amidine groups is 1. The summed E-state index contributed by atoms with van der Waals surface area (Å²) in [7, 11) is -3.34. The molecule has 1 aliphatic heterocycles. The highest BCUT2D eigenvalue weighted by Gasteiger charge is 2.28. The molecule has 0 saturated carbocycles. The van der Waals surface area contributed by atoms with Gasteiger partial charge in [0.2, 0.25) is 0 Å². The summed E-state index contributed by atoms with van der Waals surface area (Å²) in [6.07, 6.45) is 3.04. The fraction of sp³-hybridized carbons (Fsp3) is 0.185. The summed E-state index contributed by atoms with van der Waals surface area (Å²) in [6.45, 7) is 4.76. The molecule has 0 spiro atoms. The van der Waals surface area contributed by atoms with Crippen molar-refractivity contribution in [2.45, 2.75) is 24.3 Å². The van der Waals surface area contributed by atoms with Crippen molar-refractivity contribution in [2.24, 2.45) is 4.99 Å². The van der Waals surface area contributed by atoms with Crippen LogP contribution in [0.2, 0.25) is 15.1 Å². The first-order valence-electron chi connectivity index (χ1n) is 11.4. The fourth-order valence-electron chi connectivity index (χ4n) is 4.18. The summed E-state index contributed by atoms with van der Waals surface area (Å²) in [5.74, 6) is 1.20. The standard InChI is InChI=1S/C27H23Cl3N4O2S/c1-27(2)15-31-25(33-27)22-14-34(26(32-22)24-19(28)8-5-9-20(24)29)23-11-10-17(13-21(23)30)16-6-4-7-18(12-16)37(3,35)36/h4-14H,15H2,1-3H3,(H,31,33). The van der Waals surface area contributed by atoms with E-state index in [0.717, 1.165) is 11.1 Å². The molecule has 37 heavy (non-hydrogen) atoms. The summed E-state index contributed by atoms with van der Waals surface area (Å²) < 4.78 is 25.9. The smallest absolute Gasteiger partial charge is 0.175 e. The molecule has 1 aromatic heterocycles. The lowest BCUT2D eigenvalue weighted by molar-refractivity contribution is 0.506. The van der Waals surface area contributed by atoms with Gasteiger partial charge in [0.1, 0.15) is 17.4 Å². The van der Waals surface area contributed by atoms with Crippen LogP contribution in [0.3, 0.4) is 0 Å². The first-order chi connectivity index (χ1) is 17.4. The number of aromatic nitrogens is 2. The van der Waals surface area contributed by atoms with Crippen molar-refractivity contribution in [3.8, 4) is 28.2 Å². The Bertz CT molecular complexity index is 1660. The van der Waals surface area contributed by atoms with E-state index in [1.165, 1.54) is 6.26 Å². The number of nitrogens with zero attached hydrogens (tertiary/aromatic N) is 3. The lowest BCUT2D eigenvalue weighted by atomic mass is 10.1. The van der Waals surface area contributed by atoms with Gasteiger partial charge in [-0.3, -0.25) is 9.56 Å². The summed E-state index contributed by atoms with van der Waals surface area (Å²) in [4.78, 5) is 9.74. The number of imidazole rings is 1. The minimum atomic E-state index is -3.34. The summed E-state index contributed by atoms with van der Waals surface area (Å²) in [6, 6.07) is 17.6. The topological polar surface area (TPSA) is 76.3 Å². The van der Waals surface area contributed by atoms with Gasteiger partial charge in [0.05, 0.1) is 43.3 Å². The normalized spacial score (nSPS) is 14.9. The van der Waals surface area contributed by atoms with Crippen molar-refractivity contribution in [1.29, 1.82) is 0 Å². The molecule has 5 rings (SSSR count). The predicted molar refractivity (Wildman–Crippen MR) is 151 cm³/mol. The van der Waals surface area contributed by atoms with Gasteiger partial charge < -0.3 is 5.32 Å². The van der Waals surface area contributed by atoms with Gasteiger partial charge in [0, 0.05) is 12.5 Å². The predicted octanol–water partition coefficient (Wildman–Crippen LogP) is 6.70. The second kappa shape index (κ2) is 9.48. The summed E-state index contributed by atoms with van der Waals surface area (Å²) in [5, 5.41) is 4.76. The monoisotopic (exact) mass is 572 g/mol. The molecular weight excluding hydrogens is 551 g/mol. The van der Waals surface area contributed by atoms with E-state index in [1.807, 2.05) is 29.0 Å². The van der Waals surface area contributed by atoms with Crippen LogP contribution >= 0.6 is 34.8 Å². The van der Waals surface area contributed by atoms with Crippen molar-refractivity contribution in [1.82, 2.24) is 14.9 Å². The molecule has 0 aliphatic carbocycles. The number of sulfone groups is 1. The van der Waals surface area contributed by atoms with Gasteiger partial charge in [-0.1, -0.05) is 59.1 Å². The van der Waals surface area contributed by atoms with Crippen molar-refractivity contribution in [3.63, 3.8) is 0 Å². The second-order valence-electron chi connectivity index (χ2n) is 9.56. The van der Waals surface area contributed by atoms with Crippen LogP contribution in [0.25, 0.3) is 28.2 Å². The molecule has 0 fully saturated rings. The highest BCUT2D eigenvalue weighted by molar-refractivity contribution is 7.90. The van der Waals surface area contributed by atoms with Crippen molar-refractivity contribution in [2.75, 3.05) is 12.8 Å². The third-order valence-corrected chi connectivity index (χ3v) is 8.07. The maximum absolute atomic E-state index is 12.0. The molecule has 0 radical (unpaired) electrons. The SMILES string of the molecule is CC1(C)CN=C(c2cn(-c3ccc(-c4cccc(S(C)(=O)=O)c4)cc3Cl)c(-c3c(Cl)cccc3Cl)n2)N1. The van der Waals surface area contributed by atoms with Gasteiger partial charge >= 0.3 is 0 Å². The third-order valence-electron chi connectivity index (χ3n) is 6.03. The van der Waals surface area contributed by atoms with Crippen LogP contribution in [-0.2, 0) is 9.84 Å². The number of hydrogen-bond acceptors (Lipinski definition) is 5. The van der Waals surface area contributed by atoms with Crippen molar-refractivity contribution < 1.29 is 8.42 Å². The van der Waals surface area contributed by atoms with Gasteiger partial charge in [-0.2, -0.15) is 0 Å². The van der Waals surface area contributed by atoms with E-state index in [2.05, 4.69) is 24.2 Å². The average Bonchev–Trinajstić information content (AvgIpc) is 3.42. The maximum atomic E-state index is 12.0.